The largest absolute Gasteiger partial charge is 0.455 e. The average molecular weight is 428 g/mol. The molecule has 0 aliphatic carbocycles. The number of piperidine rings is 1. The molecule has 1 saturated heterocycles. The van der Waals surface area contributed by atoms with Crippen molar-refractivity contribution in [3.8, 4) is 0 Å². The zero-order valence-corrected chi connectivity index (χ0v) is 16.0. The number of ether oxygens (including phenoxy) is 1. The van der Waals surface area contributed by atoms with E-state index in [-0.39, 0.29) is 31.3 Å². The second kappa shape index (κ2) is 8.67. The number of hydrogen-bond acceptors (Lipinski definition) is 8. The van der Waals surface area contributed by atoms with Crippen LogP contribution in [0.2, 0.25) is 0 Å². The fourth-order valence-corrected chi connectivity index (χ4v) is 3.21. The molecule has 1 aromatic heterocycles. The third-order valence-electron chi connectivity index (χ3n) is 4.82. The maximum Gasteiger partial charge on any atom is 0.416 e. The second-order valence-electron chi connectivity index (χ2n) is 6.77. The van der Waals surface area contributed by atoms with Crippen molar-refractivity contribution in [1.82, 2.24) is 10.2 Å². The van der Waals surface area contributed by atoms with Gasteiger partial charge in [-0.2, -0.15) is 13.2 Å². The molecule has 0 spiro atoms. The van der Waals surface area contributed by atoms with Gasteiger partial charge in [-0.15, -0.1) is 10.2 Å². The lowest BCUT2D eigenvalue weighted by Crippen LogP contribution is -2.37. The van der Waals surface area contributed by atoms with Gasteiger partial charge in [0.2, 0.25) is 5.89 Å². The first-order valence-corrected chi connectivity index (χ1v) is 9.27. The van der Waals surface area contributed by atoms with E-state index in [2.05, 4.69) is 10.2 Å². The Kier molecular flexibility index (Phi) is 6.22. The SMILES string of the molecule is CCc1nnc(COC(=O)C2CCN(c3ccc(C(F)(F)F)cc3[N+](=O)[O-])CC2)o1. The summed E-state index contributed by atoms with van der Waals surface area (Å²) in [6.07, 6.45) is -3.41. The highest BCUT2D eigenvalue weighted by Crippen LogP contribution is 2.37. The molecule has 30 heavy (non-hydrogen) atoms. The molecule has 0 radical (unpaired) electrons. The molecule has 2 heterocycles. The number of aromatic nitrogens is 2. The molecule has 12 heteroatoms. The number of anilines is 1. The Bertz CT molecular complexity index is 923. The third-order valence-corrected chi connectivity index (χ3v) is 4.82. The minimum absolute atomic E-state index is 0.0952. The fourth-order valence-electron chi connectivity index (χ4n) is 3.21. The Morgan fingerprint density at radius 1 is 1.30 bits per heavy atom. The summed E-state index contributed by atoms with van der Waals surface area (Å²) in [5, 5.41) is 18.8. The average Bonchev–Trinajstić information content (AvgIpc) is 3.19. The summed E-state index contributed by atoms with van der Waals surface area (Å²) in [7, 11) is 0. The van der Waals surface area contributed by atoms with Gasteiger partial charge in [0, 0.05) is 25.6 Å². The van der Waals surface area contributed by atoms with Gasteiger partial charge in [-0.05, 0) is 25.0 Å². The van der Waals surface area contributed by atoms with E-state index < -0.39 is 34.2 Å². The quantitative estimate of drug-likeness (QED) is 0.390. The molecule has 9 nitrogen and oxygen atoms in total. The Balaban J connectivity index is 1.60. The van der Waals surface area contributed by atoms with Crippen molar-refractivity contribution in [2.75, 3.05) is 18.0 Å². The first-order valence-electron chi connectivity index (χ1n) is 9.27. The Labute approximate surface area is 169 Å². The van der Waals surface area contributed by atoms with Gasteiger partial charge in [-0.3, -0.25) is 14.9 Å². The van der Waals surface area contributed by atoms with Crippen molar-refractivity contribution in [2.45, 2.75) is 39.0 Å². The van der Waals surface area contributed by atoms with Gasteiger partial charge < -0.3 is 14.1 Å². The number of alkyl halides is 3. The number of nitrogens with zero attached hydrogens (tertiary/aromatic N) is 4. The number of hydrogen-bond donors (Lipinski definition) is 0. The van der Waals surface area contributed by atoms with Crippen LogP contribution in [-0.2, 0) is 28.7 Å². The summed E-state index contributed by atoms with van der Waals surface area (Å²) in [5.41, 5.74) is -1.60. The maximum atomic E-state index is 12.9. The van der Waals surface area contributed by atoms with Gasteiger partial charge in [0.25, 0.3) is 11.6 Å². The number of aryl methyl sites for hydroxylation is 1. The minimum atomic E-state index is -4.67. The van der Waals surface area contributed by atoms with E-state index >= 15 is 0 Å². The molecule has 0 bridgehead atoms. The molecule has 0 atom stereocenters. The van der Waals surface area contributed by atoms with Crippen LogP contribution in [0.4, 0.5) is 24.5 Å². The van der Waals surface area contributed by atoms with E-state index in [1.54, 1.807) is 4.90 Å². The summed E-state index contributed by atoms with van der Waals surface area (Å²) in [6.45, 7) is 2.24. The van der Waals surface area contributed by atoms with E-state index in [0.717, 1.165) is 12.1 Å². The zero-order chi connectivity index (χ0) is 21.9. The van der Waals surface area contributed by atoms with Gasteiger partial charge in [0.1, 0.15) is 5.69 Å². The highest BCUT2D eigenvalue weighted by molar-refractivity contribution is 5.73. The lowest BCUT2D eigenvalue weighted by molar-refractivity contribution is -0.384. The lowest BCUT2D eigenvalue weighted by Gasteiger charge is -2.32. The summed E-state index contributed by atoms with van der Waals surface area (Å²) < 4.78 is 49.0. The summed E-state index contributed by atoms with van der Waals surface area (Å²) in [6, 6.07) is 2.45. The van der Waals surface area contributed by atoms with Gasteiger partial charge >= 0.3 is 12.1 Å². The van der Waals surface area contributed by atoms with Crippen molar-refractivity contribution in [2.24, 2.45) is 5.92 Å². The van der Waals surface area contributed by atoms with Crippen LogP contribution in [0.5, 0.6) is 0 Å². The van der Waals surface area contributed by atoms with Crippen molar-refractivity contribution in [1.29, 1.82) is 0 Å². The van der Waals surface area contributed by atoms with E-state index in [0.29, 0.717) is 31.2 Å². The number of benzene rings is 1. The lowest BCUT2D eigenvalue weighted by atomic mass is 9.96. The number of esters is 1. The molecule has 162 valence electrons. The zero-order valence-electron chi connectivity index (χ0n) is 16.0. The third kappa shape index (κ3) is 4.86. The molecule has 0 amide bonds. The van der Waals surface area contributed by atoms with Gasteiger partial charge in [0.05, 0.1) is 16.4 Å². The predicted octanol–water partition coefficient (Wildman–Crippen LogP) is 3.52. The summed E-state index contributed by atoms with van der Waals surface area (Å²) in [5.74, 6) is -0.248. The topological polar surface area (TPSA) is 112 Å². The summed E-state index contributed by atoms with van der Waals surface area (Å²) in [4.78, 5) is 24.3. The van der Waals surface area contributed by atoms with E-state index in [1.165, 1.54) is 0 Å². The first kappa shape index (κ1) is 21.5. The van der Waals surface area contributed by atoms with Crippen molar-refractivity contribution in [3.05, 3.63) is 45.7 Å². The number of carbonyl (C=O) groups excluding carboxylic acids is 1. The van der Waals surface area contributed by atoms with E-state index in [9.17, 15) is 28.1 Å². The van der Waals surface area contributed by atoms with Crippen LogP contribution in [0.1, 0.15) is 37.1 Å². The predicted molar refractivity (Wildman–Crippen MR) is 96.5 cm³/mol. The molecule has 1 aromatic carbocycles. The Hall–Kier alpha value is -3.18. The molecule has 0 saturated carbocycles. The summed E-state index contributed by atoms with van der Waals surface area (Å²) >= 11 is 0. The fraction of sp³-hybridized carbons (Fsp3) is 0.500. The van der Waals surface area contributed by atoms with E-state index in [4.69, 9.17) is 9.15 Å². The maximum absolute atomic E-state index is 12.9. The standard InChI is InChI=1S/C18H19F3N4O5/c1-2-15-22-23-16(30-15)10-29-17(26)11-5-7-24(8-6-11)13-4-3-12(18(19,20)21)9-14(13)25(27)28/h3-4,9,11H,2,5-8,10H2,1H3. The van der Waals surface area contributed by atoms with Crippen molar-refractivity contribution in [3.63, 3.8) is 0 Å². The monoisotopic (exact) mass is 428 g/mol. The number of nitro benzene ring substituents is 1. The molecule has 0 unspecified atom stereocenters. The van der Waals surface area contributed by atoms with Crippen molar-refractivity contribution < 1.29 is 32.0 Å². The molecule has 0 N–H and O–H groups in total. The van der Waals surface area contributed by atoms with Crippen LogP contribution in [-0.4, -0.2) is 34.2 Å². The molecule has 3 rings (SSSR count). The molecule has 1 aliphatic heterocycles. The Morgan fingerprint density at radius 2 is 1.97 bits per heavy atom. The number of carbonyl (C=O) groups is 1. The smallest absolute Gasteiger partial charge is 0.416 e. The molecular formula is C18H19F3N4O5. The van der Waals surface area contributed by atoms with Crippen LogP contribution in [0.25, 0.3) is 0 Å². The molecule has 2 aromatic rings. The highest BCUT2D eigenvalue weighted by Gasteiger charge is 2.35. The first-order chi connectivity index (χ1) is 14.2. The van der Waals surface area contributed by atoms with Crippen LogP contribution < -0.4 is 4.90 Å². The van der Waals surface area contributed by atoms with Gasteiger partial charge in [-0.25, -0.2) is 0 Å². The number of rotatable bonds is 6. The van der Waals surface area contributed by atoms with Crippen LogP contribution in [0.3, 0.4) is 0 Å². The van der Waals surface area contributed by atoms with Crippen LogP contribution in [0, 0.1) is 16.0 Å². The normalized spacial score (nSPS) is 15.3. The van der Waals surface area contributed by atoms with E-state index in [1.807, 2.05) is 6.92 Å². The van der Waals surface area contributed by atoms with Crippen LogP contribution >= 0.6 is 0 Å². The number of nitro groups is 1. The molecule has 1 aliphatic rings. The molecular weight excluding hydrogens is 409 g/mol. The van der Waals surface area contributed by atoms with Crippen molar-refractivity contribution >= 4 is 17.3 Å². The number of halogens is 3. The Morgan fingerprint density at radius 3 is 2.53 bits per heavy atom. The second-order valence-corrected chi connectivity index (χ2v) is 6.77. The minimum Gasteiger partial charge on any atom is -0.455 e. The highest BCUT2D eigenvalue weighted by atomic mass is 19.4. The molecule has 1 fully saturated rings. The van der Waals surface area contributed by atoms with Gasteiger partial charge in [0.15, 0.2) is 6.61 Å². The van der Waals surface area contributed by atoms with Gasteiger partial charge in [-0.1, -0.05) is 6.92 Å². The van der Waals surface area contributed by atoms with Crippen LogP contribution in [0.15, 0.2) is 22.6 Å².